The minimum absolute atomic E-state index is 0.0724. The first kappa shape index (κ1) is 16.8. The number of ether oxygens (including phenoxy) is 2. The summed E-state index contributed by atoms with van der Waals surface area (Å²) in [5.41, 5.74) is 10.4. The third kappa shape index (κ3) is 2.13. The molecule has 7 N–H and O–H groups in total. The molecule has 3 rings (SSSR count). The van der Waals surface area contributed by atoms with Crippen molar-refractivity contribution in [3.63, 3.8) is 0 Å². The summed E-state index contributed by atoms with van der Waals surface area (Å²) in [6, 6.07) is 0. The molecule has 2 unspecified atom stereocenters. The number of nitrogens with zero attached hydrogens (tertiary/aromatic N) is 4. The molecule has 1 saturated heterocycles. The Bertz CT molecular complexity index is 754. The summed E-state index contributed by atoms with van der Waals surface area (Å²) >= 11 is 0. The van der Waals surface area contributed by atoms with E-state index < -0.39 is 36.7 Å². The van der Waals surface area contributed by atoms with Crippen LogP contribution in [0.5, 0.6) is 0 Å². The lowest BCUT2D eigenvalue weighted by Gasteiger charge is -2.37. The maximum absolute atomic E-state index is 10.7. The molecule has 0 bridgehead atoms. The van der Waals surface area contributed by atoms with E-state index in [4.69, 9.17) is 20.9 Å². The Morgan fingerprint density at radius 1 is 1.42 bits per heavy atom. The Hall–Kier alpha value is -2.05. The fourth-order valence-electron chi connectivity index (χ4n) is 3.07. The molecule has 0 aromatic carbocycles. The van der Waals surface area contributed by atoms with Crippen LogP contribution < -0.4 is 11.5 Å². The predicted molar refractivity (Wildman–Crippen MR) is 82.6 cm³/mol. The number of methoxy groups -OCH3 is 1. The van der Waals surface area contributed by atoms with Gasteiger partial charge in [-0.2, -0.15) is 9.97 Å². The monoisotopic (exact) mass is 340 g/mol. The molecule has 132 valence electrons. The van der Waals surface area contributed by atoms with Crippen LogP contribution in [0.2, 0.25) is 0 Å². The highest BCUT2D eigenvalue weighted by molar-refractivity contribution is 5.82. The number of rotatable bonds is 4. The number of hydrogen-bond donors (Lipinski definition) is 5. The fraction of sp³-hybridized carbons (Fsp3) is 0.615. The average Bonchev–Trinajstić information content (AvgIpc) is 3.08. The van der Waals surface area contributed by atoms with Crippen LogP contribution in [-0.2, 0) is 15.2 Å². The van der Waals surface area contributed by atoms with Crippen LogP contribution in [0.4, 0.5) is 11.8 Å². The van der Waals surface area contributed by atoms with Crippen molar-refractivity contribution in [1.29, 1.82) is 0 Å². The van der Waals surface area contributed by atoms with Gasteiger partial charge in [-0.3, -0.25) is 4.57 Å². The van der Waals surface area contributed by atoms with Crippen LogP contribution in [0.1, 0.15) is 6.92 Å². The zero-order chi connectivity index (χ0) is 17.6. The zero-order valence-electron chi connectivity index (χ0n) is 13.2. The van der Waals surface area contributed by atoms with Crippen LogP contribution in [-0.4, -0.2) is 73.0 Å². The number of aromatic nitrogens is 4. The summed E-state index contributed by atoms with van der Waals surface area (Å²) in [6.45, 7) is 1.16. The first-order chi connectivity index (χ1) is 11.4. The van der Waals surface area contributed by atoms with E-state index in [1.54, 1.807) is 6.92 Å². The highest BCUT2D eigenvalue weighted by Gasteiger charge is 2.59. The summed E-state index contributed by atoms with van der Waals surface area (Å²) in [4.78, 5) is 12.1. The summed E-state index contributed by atoms with van der Waals surface area (Å²) in [6.07, 6.45) is -3.14. The molecule has 1 aliphatic heterocycles. The molecule has 11 heteroatoms. The van der Waals surface area contributed by atoms with Gasteiger partial charge in [0.2, 0.25) is 11.7 Å². The van der Waals surface area contributed by atoms with Gasteiger partial charge >= 0.3 is 0 Å². The van der Waals surface area contributed by atoms with Gasteiger partial charge in [-0.15, -0.1) is 0 Å². The number of hydrogen-bond acceptors (Lipinski definition) is 10. The van der Waals surface area contributed by atoms with Gasteiger partial charge in [-0.1, -0.05) is 0 Å². The molecular formula is C13H20N6O5. The highest BCUT2D eigenvalue weighted by Crippen LogP contribution is 2.41. The largest absolute Gasteiger partial charge is 0.394 e. The SMILES string of the molecule is COC(C)C1(n2cnc3c(N)nc(N)nc32)O[C@H](CO)[C@@H](O)[C@H]1O. The maximum atomic E-state index is 10.7. The lowest BCUT2D eigenvalue weighted by molar-refractivity contribution is -0.208. The van der Waals surface area contributed by atoms with Crippen molar-refractivity contribution in [3.05, 3.63) is 6.33 Å². The van der Waals surface area contributed by atoms with Gasteiger partial charge in [0, 0.05) is 7.11 Å². The number of fused-ring (bicyclic) bond motifs is 1. The summed E-state index contributed by atoms with van der Waals surface area (Å²) in [5.74, 6) is -0.00285. The number of anilines is 2. The van der Waals surface area contributed by atoms with Crippen LogP contribution in [0, 0.1) is 0 Å². The number of imidazole rings is 1. The fourth-order valence-corrected chi connectivity index (χ4v) is 3.07. The molecule has 11 nitrogen and oxygen atoms in total. The predicted octanol–water partition coefficient (Wildman–Crippen LogP) is -2.21. The van der Waals surface area contributed by atoms with E-state index in [2.05, 4.69) is 15.0 Å². The average molecular weight is 340 g/mol. The number of aliphatic hydroxyl groups excluding tert-OH is 3. The second-order valence-electron chi connectivity index (χ2n) is 5.66. The van der Waals surface area contributed by atoms with Gasteiger partial charge in [0.1, 0.15) is 29.9 Å². The first-order valence-corrected chi connectivity index (χ1v) is 7.31. The standard InChI is InChI=1S/C13H20N6O5/c1-5(23-2)13(9(22)8(21)6(3-20)24-13)19-4-16-7-10(14)17-12(15)18-11(7)19/h4-6,8-9,20-22H,3H2,1-2H3,(H4,14,15,17,18)/t5?,6-,8-,9-,13?/m1/s1. The van der Waals surface area contributed by atoms with Crippen molar-refractivity contribution < 1.29 is 24.8 Å². The van der Waals surface area contributed by atoms with Gasteiger partial charge in [0.15, 0.2) is 11.5 Å². The Kier molecular flexibility index (Phi) is 4.05. The second kappa shape index (κ2) is 5.79. The van der Waals surface area contributed by atoms with Crippen molar-refractivity contribution >= 4 is 22.9 Å². The maximum Gasteiger partial charge on any atom is 0.224 e. The van der Waals surface area contributed by atoms with Crippen molar-refractivity contribution in [3.8, 4) is 0 Å². The van der Waals surface area contributed by atoms with E-state index in [1.165, 1.54) is 18.0 Å². The van der Waals surface area contributed by atoms with Crippen molar-refractivity contribution in [2.24, 2.45) is 0 Å². The van der Waals surface area contributed by atoms with Crippen LogP contribution >= 0.6 is 0 Å². The number of nitrogens with two attached hydrogens (primary N) is 2. The molecule has 0 radical (unpaired) electrons. The van der Waals surface area contributed by atoms with Gasteiger partial charge in [0.05, 0.1) is 12.9 Å². The van der Waals surface area contributed by atoms with Crippen molar-refractivity contribution in [2.75, 3.05) is 25.2 Å². The minimum Gasteiger partial charge on any atom is -0.394 e. The molecule has 1 aliphatic rings. The van der Waals surface area contributed by atoms with Crippen LogP contribution in [0.15, 0.2) is 6.33 Å². The van der Waals surface area contributed by atoms with Gasteiger partial charge in [0.25, 0.3) is 0 Å². The van der Waals surface area contributed by atoms with E-state index in [9.17, 15) is 15.3 Å². The third-order valence-electron chi connectivity index (χ3n) is 4.40. The second-order valence-corrected chi connectivity index (χ2v) is 5.66. The Morgan fingerprint density at radius 3 is 2.71 bits per heavy atom. The molecule has 0 saturated carbocycles. The van der Waals surface area contributed by atoms with Crippen LogP contribution in [0.25, 0.3) is 11.2 Å². The molecule has 2 aromatic rings. The molecule has 0 aliphatic carbocycles. The zero-order valence-corrected chi connectivity index (χ0v) is 13.2. The molecule has 5 atom stereocenters. The topological polar surface area (TPSA) is 175 Å². The van der Waals surface area contributed by atoms with E-state index >= 15 is 0 Å². The Labute approximate surface area is 136 Å². The van der Waals surface area contributed by atoms with E-state index in [0.29, 0.717) is 0 Å². The van der Waals surface area contributed by atoms with Gasteiger partial charge in [-0.25, -0.2) is 4.98 Å². The first-order valence-electron chi connectivity index (χ1n) is 7.31. The third-order valence-corrected chi connectivity index (χ3v) is 4.40. The quantitative estimate of drug-likeness (QED) is 0.410. The molecule has 1 fully saturated rings. The smallest absolute Gasteiger partial charge is 0.224 e. The Morgan fingerprint density at radius 2 is 2.12 bits per heavy atom. The highest BCUT2D eigenvalue weighted by atomic mass is 16.6. The molecule has 0 spiro atoms. The number of aliphatic hydroxyl groups is 3. The summed E-state index contributed by atoms with van der Waals surface area (Å²) < 4.78 is 12.6. The summed E-state index contributed by atoms with van der Waals surface area (Å²) in [7, 11) is 1.43. The summed E-state index contributed by atoms with van der Waals surface area (Å²) in [5, 5.41) is 30.3. The molecule has 24 heavy (non-hydrogen) atoms. The molecule has 2 aromatic heterocycles. The normalized spacial score (nSPS) is 31.6. The van der Waals surface area contributed by atoms with E-state index in [1.807, 2.05) is 0 Å². The van der Waals surface area contributed by atoms with E-state index in [-0.39, 0.29) is 22.9 Å². The minimum atomic E-state index is -1.58. The van der Waals surface area contributed by atoms with E-state index in [0.717, 1.165) is 0 Å². The van der Waals surface area contributed by atoms with Crippen molar-refractivity contribution in [1.82, 2.24) is 19.5 Å². The molecule has 3 heterocycles. The van der Waals surface area contributed by atoms with Crippen molar-refractivity contribution in [2.45, 2.75) is 37.1 Å². The molecular weight excluding hydrogens is 320 g/mol. The Balaban J connectivity index is 2.25. The van der Waals surface area contributed by atoms with Crippen LogP contribution in [0.3, 0.4) is 0 Å². The van der Waals surface area contributed by atoms with Gasteiger partial charge in [-0.05, 0) is 6.92 Å². The van der Waals surface area contributed by atoms with Gasteiger partial charge < -0.3 is 36.3 Å². The lowest BCUT2D eigenvalue weighted by atomic mass is 9.97. The lowest BCUT2D eigenvalue weighted by Crippen LogP contribution is -2.53. The molecule has 0 amide bonds. The number of nitrogen functional groups attached to an aromatic ring is 2.